The highest BCUT2D eigenvalue weighted by Gasteiger charge is 2.06. The molecule has 23 heavy (non-hydrogen) atoms. The Bertz CT molecular complexity index is 684. The van der Waals surface area contributed by atoms with Crippen LogP contribution in [0.5, 0.6) is 0 Å². The topological polar surface area (TPSA) is 58.2 Å². The lowest BCUT2D eigenvalue weighted by Crippen LogP contribution is -2.35. The van der Waals surface area contributed by atoms with Crippen LogP contribution in [0.4, 0.5) is 0 Å². The predicted molar refractivity (Wildman–Crippen MR) is 91.7 cm³/mol. The van der Waals surface area contributed by atoms with Crippen LogP contribution in [0.15, 0.2) is 48.5 Å². The molecule has 4 nitrogen and oxygen atoms in total. The quantitative estimate of drug-likeness (QED) is 0.800. The zero-order valence-electron chi connectivity index (χ0n) is 12.9. The molecule has 0 heterocycles. The number of nitrogens with one attached hydrogen (secondary N) is 2. The van der Waals surface area contributed by atoms with E-state index in [0.717, 1.165) is 11.1 Å². The Kier molecular flexibility index (Phi) is 6.18. The van der Waals surface area contributed by atoms with Crippen molar-refractivity contribution in [2.75, 3.05) is 13.1 Å². The fourth-order valence-electron chi connectivity index (χ4n) is 2.13. The van der Waals surface area contributed by atoms with E-state index in [0.29, 0.717) is 30.1 Å². The van der Waals surface area contributed by atoms with Crippen LogP contribution in [0.25, 0.3) is 0 Å². The van der Waals surface area contributed by atoms with Crippen molar-refractivity contribution in [2.24, 2.45) is 0 Å². The maximum Gasteiger partial charge on any atom is 0.251 e. The lowest BCUT2D eigenvalue weighted by molar-refractivity contribution is -0.120. The van der Waals surface area contributed by atoms with Gasteiger partial charge in [0.2, 0.25) is 5.91 Å². The van der Waals surface area contributed by atoms with Crippen LogP contribution < -0.4 is 10.6 Å². The number of rotatable bonds is 6. The van der Waals surface area contributed by atoms with Gasteiger partial charge in [0.1, 0.15) is 0 Å². The van der Waals surface area contributed by atoms with E-state index in [1.807, 2.05) is 31.2 Å². The Hall–Kier alpha value is -2.33. The largest absolute Gasteiger partial charge is 0.354 e. The zero-order valence-corrected chi connectivity index (χ0v) is 13.7. The first kappa shape index (κ1) is 17.0. The van der Waals surface area contributed by atoms with Crippen molar-refractivity contribution in [3.63, 3.8) is 0 Å². The molecule has 2 aromatic carbocycles. The van der Waals surface area contributed by atoms with Crippen LogP contribution in [0, 0.1) is 6.92 Å². The van der Waals surface area contributed by atoms with Crippen LogP contribution in [0.3, 0.4) is 0 Å². The minimum atomic E-state index is -0.185. The second kappa shape index (κ2) is 8.34. The van der Waals surface area contributed by atoms with Crippen molar-refractivity contribution < 1.29 is 9.59 Å². The molecule has 120 valence electrons. The summed E-state index contributed by atoms with van der Waals surface area (Å²) in [5, 5.41) is 6.14. The van der Waals surface area contributed by atoms with E-state index in [-0.39, 0.29) is 11.8 Å². The molecule has 0 aromatic heterocycles. The summed E-state index contributed by atoms with van der Waals surface area (Å²) in [6, 6.07) is 14.4. The van der Waals surface area contributed by atoms with E-state index in [1.54, 1.807) is 24.3 Å². The molecule has 0 saturated heterocycles. The van der Waals surface area contributed by atoms with Crippen LogP contribution in [-0.4, -0.2) is 24.9 Å². The van der Waals surface area contributed by atoms with Gasteiger partial charge in [0.25, 0.3) is 5.91 Å². The summed E-state index contributed by atoms with van der Waals surface area (Å²) in [6.07, 6.45) is 0.345. The number of halogens is 1. The molecule has 0 aliphatic carbocycles. The second-order valence-electron chi connectivity index (χ2n) is 5.22. The Labute approximate surface area is 140 Å². The summed E-state index contributed by atoms with van der Waals surface area (Å²) in [4.78, 5) is 23.7. The normalized spacial score (nSPS) is 10.2. The molecular weight excluding hydrogens is 312 g/mol. The van der Waals surface area contributed by atoms with E-state index < -0.39 is 0 Å². The molecule has 0 radical (unpaired) electrons. The molecule has 2 aromatic rings. The Morgan fingerprint density at radius 2 is 1.61 bits per heavy atom. The summed E-state index contributed by atoms with van der Waals surface area (Å²) in [5.74, 6) is -0.241. The molecule has 5 heteroatoms. The number of hydrogen-bond acceptors (Lipinski definition) is 2. The molecule has 0 saturated carbocycles. The molecule has 0 atom stereocenters. The molecule has 0 aliphatic heterocycles. The van der Waals surface area contributed by atoms with Gasteiger partial charge >= 0.3 is 0 Å². The maximum absolute atomic E-state index is 11.9. The van der Waals surface area contributed by atoms with E-state index in [4.69, 9.17) is 11.6 Å². The average Bonchev–Trinajstić information content (AvgIpc) is 2.54. The SMILES string of the molecule is Cc1ccccc1CC(=O)NCCNC(=O)c1ccc(Cl)cc1. The van der Waals surface area contributed by atoms with Gasteiger partial charge in [-0.25, -0.2) is 0 Å². The van der Waals surface area contributed by atoms with Gasteiger partial charge in [0, 0.05) is 23.7 Å². The van der Waals surface area contributed by atoms with Crippen LogP contribution >= 0.6 is 11.6 Å². The van der Waals surface area contributed by atoms with Crippen molar-refractivity contribution in [2.45, 2.75) is 13.3 Å². The predicted octanol–water partition coefficient (Wildman–Crippen LogP) is 2.74. The van der Waals surface area contributed by atoms with Crippen LogP contribution in [-0.2, 0) is 11.2 Å². The van der Waals surface area contributed by atoms with Gasteiger partial charge in [-0.1, -0.05) is 35.9 Å². The Morgan fingerprint density at radius 3 is 2.30 bits per heavy atom. The molecule has 0 aliphatic rings. The third-order valence-corrected chi connectivity index (χ3v) is 3.70. The lowest BCUT2D eigenvalue weighted by Gasteiger charge is -2.08. The van der Waals surface area contributed by atoms with Crippen LogP contribution in [0.1, 0.15) is 21.5 Å². The fourth-order valence-corrected chi connectivity index (χ4v) is 2.25. The van der Waals surface area contributed by atoms with Gasteiger partial charge in [-0.2, -0.15) is 0 Å². The van der Waals surface area contributed by atoms with Crippen molar-refractivity contribution in [1.82, 2.24) is 10.6 Å². The molecule has 2 amide bonds. The number of carbonyl (C=O) groups excluding carboxylic acids is 2. The van der Waals surface area contributed by atoms with Crippen molar-refractivity contribution >= 4 is 23.4 Å². The monoisotopic (exact) mass is 330 g/mol. The standard InChI is InChI=1S/C18H19ClN2O2/c1-13-4-2-3-5-15(13)12-17(22)20-10-11-21-18(23)14-6-8-16(19)9-7-14/h2-9H,10-12H2,1H3,(H,20,22)(H,21,23). The Balaban J connectivity index is 1.71. The highest BCUT2D eigenvalue weighted by molar-refractivity contribution is 6.30. The second-order valence-corrected chi connectivity index (χ2v) is 5.65. The summed E-state index contributed by atoms with van der Waals surface area (Å²) >= 11 is 5.78. The summed E-state index contributed by atoms with van der Waals surface area (Å²) in [7, 11) is 0. The zero-order chi connectivity index (χ0) is 16.7. The van der Waals surface area contributed by atoms with E-state index in [9.17, 15) is 9.59 Å². The summed E-state index contributed by atoms with van der Waals surface area (Å²) in [5.41, 5.74) is 2.65. The minimum absolute atomic E-state index is 0.0555. The van der Waals surface area contributed by atoms with Crippen molar-refractivity contribution in [1.29, 1.82) is 0 Å². The van der Waals surface area contributed by atoms with Gasteiger partial charge in [0.05, 0.1) is 6.42 Å². The average molecular weight is 331 g/mol. The fraction of sp³-hybridized carbons (Fsp3) is 0.222. The van der Waals surface area contributed by atoms with Crippen molar-refractivity contribution in [3.8, 4) is 0 Å². The highest BCUT2D eigenvalue weighted by Crippen LogP contribution is 2.09. The molecule has 0 fully saturated rings. The van der Waals surface area contributed by atoms with E-state index in [1.165, 1.54) is 0 Å². The van der Waals surface area contributed by atoms with Crippen LogP contribution in [0.2, 0.25) is 5.02 Å². The number of carbonyl (C=O) groups is 2. The molecule has 0 spiro atoms. The van der Waals surface area contributed by atoms with E-state index >= 15 is 0 Å². The molecule has 0 bridgehead atoms. The molecule has 2 rings (SSSR count). The molecule has 2 N–H and O–H groups in total. The number of benzene rings is 2. The molecule has 0 unspecified atom stereocenters. The maximum atomic E-state index is 11.9. The smallest absolute Gasteiger partial charge is 0.251 e. The number of amides is 2. The number of aryl methyl sites for hydroxylation is 1. The van der Waals surface area contributed by atoms with Gasteiger partial charge in [-0.15, -0.1) is 0 Å². The lowest BCUT2D eigenvalue weighted by atomic mass is 10.1. The van der Waals surface area contributed by atoms with Gasteiger partial charge < -0.3 is 10.6 Å². The third-order valence-electron chi connectivity index (χ3n) is 3.45. The van der Waals surface area contributed by atoms with Gasteiger partial charge in [-0.3, -0.25) is 9.59 Å². The Morgan fingerprint density at radius 1 is 0.957 bits per heavy atom. The summed E-state index contributed by atoms with van der Waals surface area (Å²) in [6.45, 7) is 2.75. The van der Waals surface area contributed by atoms with Crippen molar-refractivity contribution in [3.05, 3.63) is 70.2 Å². The minimum Gasteiger partial charge on any atom is -0.354 e. The molecular formula is C18H19ClN2O2. The first-order valence-corrected chi connectivity index (χ1v) is 7.79. The summed E-state index contributed by atoms with van der Waals surface area (Å²) < 4.78 is 0. The van der Waals surface area contributed by atoms with E-state index in [2.05, 4.69) is 10.6 Å². The first-order valence-electron chi connectivity index (χ1n) is 7.41. The highest BCUT2D eigenvalue weighted by atomic mass is 35.5. The first-order chi connectivity index (χ1) is 11.1. The van der Waals surface area contributed by atoms with Gasteiger partial charge in [-0.05, 0) is 42.3 Å². The third kappa shape index (κ3) is 5.42. The number of hydrogen-bond donors (Lipinski definition) is 2. The van der Waals surface area contributed by atoms with Gasteiger partial charge in [0.15, 0.2) is 0 Å².